The Morgan fingerprint density at radius 1 is 1.17 bits per heavy atom. The normalized spacial score (nSPS) is 30.7. The summed E-state index contributed by atoms with van der Waals surface area (Å²) in [5.74, 6) is 0. The second kappa shape index (κ2) is 5.41. The highest BCUT2D eigenvalue weighted by molar-refractivity contribution is 5.19. The molecule has 1 saturated carbocycles. The standard InChI is InChI=1S/C16H24N2/c1-13(14-7-3-2-4-8-14)18-12-11-17-15-9-5-6-10-16(15)18/h2-4,7-8,13,15-17H,5-6,9-12H2,1H3/t13-,15-,16-/m1/s1. The van der Waals surface area contributed by atoms with E-state index in [0.29, 0.717) is 6.04 Å². The molecule has 1 aliphatic carbocycles. The van der Waals surface area contributed by atoms with Gasteiger partial charge in [0.25, 0.3) is 0 Å². The van der Waals surface area contributed by atoms with E-state index in [0.717, 1.165) is 18.6 Å². The maximum atomic E-state index is 3.72. The van der Waals surface area contributed by atoms with E-state index in [-0.39, 0.29) is 0 Å². The van der Waals surface area contributed by atoms with Crippen LogP contribution in [0.25, 0.3) is 0 Å². The Balaban J connectivity index is 1.77. The molecule has 0 amide bonds. The van der Waals surface area contributed by atoms with E-state index in [1.165, 1.54) is 37.8 Å². The Morgan fingerprint density at radius 2 is 1.94 bits per heavy atom. The van der Waals surface area contributed by atoms with Gasteiger partial charge >= 0.3 is 0 Å². The molecule has 1 saturated heterocycles. The molecule has 2 fully saturated rings. The highest BCUT2D eigenvalue weighted by Crippen LogP contribution is 2.31. The van der Waals surface area contributed by atoms with Crippen LogP contribution in [0.4, 0.5) is 0 Å². The largest absolute Gasteiger partial charge is 0.311 e. The van der Waals surface area contributed by atoms with Crippen molar-refractivity contribution in [3.8, 4) is 0 Å². The van der Waals surface area contributed by atoms with Gasteiger partial charge in [-0.15, -0.1) is 0 Å². The fourth-order valence-corrected chi connectivity index (χ4v) is 3.70. The molecule has 98 valence electrons. The molecule has 0 aromatic heterocycles. The quantitative estimate of drug-likeness (QED) is 0.860. The van der Waals surface area contributed by atoms with E-state index >= 15 is 0 Å². The van der Waals surface area contributed by atoms with Crippen LogP contribution >= 0.6 is 0 Å². The number of hydrogen-bond donors (Lipinski definition) is 1. The maximum absolute atomic E-state index is 3.72. The predicted octanol–water partition coefficient (Wildman–Crippen LogP) is 2.96. The van der Waals surface area contributed by atoms with E-state index in [1.807, 2.05) is 0 Å². The van der Waals surface area contributed by atoms with Crippen molar-refractivity contribution in [3.05, 3.63) is 35.9 Å². The molecule has 1 aromatic rings. The van der Waals surface area contributed by atoms with Crippen LogP contribution in [0.3, 0.4) is 0 Å². The van der Waals surface area contributed by atoms with Crippen molar-refractivity contribution >= 4 is 0 Å². The molecule has 2 heteroatoms. The summed E-state index contributed by atoms with van der Waals surface area (Å²) in [5, 5.41) is 3.72. The summed E-state index contributed by atoms with van der Waals surface area (Å²) < 4.78 is 0. The summed E-state index contributed by atoms with van der Waals surface area (Å²) in [6.45, 7) is 4.71. The maximum Gasteiger partial charge on any atom is 0.0324 e. The highest BCUT2D eigenvalue weighted by atomic mass is 15.3. The van der Waals surface area contributed by atoms with Gasteiger partial charge in [0, 0.05) is 31.2 Å². The molecule has 0 bridgehead atoms. The third kappa shape index (κ3) is 2.32. The molecular weight excluding hydrogens is 220 g/mol. The third-order valence-electron chi connectivity index (χ3n) is 4.71. The van der Waals surface area contributed by atoms with Gasteiger partial charge in [0.2, 0.25) is 0 Å². The van der Waals surface area contributed by atoms with Crippen LogP contribution in [0.15, 0.2) is 30.3 Å². The topological polar surface area (TPSA) is 15.3 Å². The molecule has 0 unspecified atom stereocenters. The lowest BCUT2D eigenvalue weighted by Crippen LogP contribution is -2.59. The van der Waals surface area contributed by atoms with Crippen molar-refractivity contribution in [3.63, 3.8) is 0 Å². The smallest absolute Gasteiger partial charge is 0.0324 e. The number of benzene rings is 1. The van der Waals surface area contributed by atoms with Crippen LogP contribution in [-0.2, 0) is 0 Å². The molecule has 2 aliphatic rings. The Hall–Kier alpha value is -0.860. The van der Waals surface area contributed by atoms with Gasteiger partial charge in [-0.1, -0.05) is 43.2 Å². The lowest BCUT2D eigenvalue weighted by Gasteiger charge is -2.47. The first kappa shape index (κ1) is 12.2. The van der Waals surface area contributed by atoms with Crippen molar-refractivity contribution in [2.45, 2.75) is 50.7 Å². The highest BCUT2D eigenvalue weighted by Gasteiger charge is 2.35. The van der Waals surface area contributed by atoms with Crippen LogP contribution < -0.4 is 5.32 Å². The van der Waals surface area contributed by atoms with Crippen LogP contribution in [0.1, 0.15) is 44.2 Å². The van der Waals surface area contributed by atoms with E-state index in [9.17, 15) is 0 Å². The average molecular weight is 244 g/mol. The van der Waals surface area contributed by atoms with Crippen molar-refractivity contribution in [1.82, 2.24) is 10.2 Å². The first-order valence-corrected chi connectivity index (χ1v) is 7.40. The molecule has 3 atom stereocenters. The summed E-state index contributed by atoms with van der Waals surface area (Å²) in [6, 6.07) is 13.0. The zero-order valence-electron chi connectivity index (χ0n) is 11.3. The van der Waals surface area contributed by atoms with Crippen molar-refractivity contribution in [2.75, 3.05) is 13.1 Å². The van der Waals surface area contributed by atoms with Crippen molar-refractivity contribution < 1.29 is 0 Å². The molecule has 3 rings (SSSR count). The fourth-order valence-electron chi connectivity index (χ4n) is 3.70. The SMILES string of the molecule is C[C@H](c1ccccc1)N1CCN[C@@H]2CCCC[C@H]21. The van der Waals surface area contributed by atoms with Gasteiger partial charge in [-0.2, -0.15) is 0 Å². The Kier molecular flexibility index (Phi) is 3.67. The summed E-state index contributed by atoms with van der Waals surface area (Å²) in [7, 11) is 0. The number of nitrogens with one attached hydrogen (secondary N) is 1. The molecule has 1 aliphatic heterocycles. The van der Waals surface area contributed by atoms with Gasteiger partial charge in [-0.3, -0.25) is 4.90 Å². The number of piperazine rings is 1. The molecule has 1 heterocycles. The van der Waals surface area contributed by atoms with Gasteiger partial charge in [0.15, 0.2) is 0 Å². The van der Waals surface area contributed by atoms with E-state index in [2.05, 4.69) is 47.5 Å². The summed E-state index contributed by atoms with van der Waals surface area (Å²) in [6.07, 6.45) is 5.54. The zero-order chi connectivity index (χ0) is 12.4. The Bertz CT molecular complexity index is 374. The van der Waals surface area contributed by atoms with Crippen LogP contribution in [0, 0.1) is 0 Å². The first-order chi connectivity index (χ1) is 8.86. The molecule has 0 spiro atoms. The lowest BCUT2D eigenvalue weighted by molar-refractivity contribution is 0.0550. The predicted molar refractivity (Wildman–Crippen MR) is 75.6 cm³/mol. The second-order valence-corrected chi connectivity index (χ2v) is 5.74. The van der Waals surface area contributed by atoms with Crippen LogP contribution in [0.5, 0.6) is 0 Å². The molecule has 2 nitrogen and oxygen atoms in total. The summed E-state index contributed by atoms with van der Waals surface area (Å²) in [5.41, 5.74) is 1.46. The lowest BCUT2D eigenvalue weighted by atomic mass is 9.86. The number of fused-ring (bicyclic) bond motifs is 1. The van der Waals surface area contributed by atoms with Crippen LogP contribution in [0.2, 0.25) is 0 Å². The number of nitrogens with zero attached hydrogens (tertiary/aromatic N) is 1. The molecular formula is C16H24N2. The van der Waals surface area contributed by atoms with E-state index in [1.54, 1.807) is 0 Å². The average Bonchev–Trinajstić information content (AvgIpc) is 2.47. The number of hydrogen-bond acceptors (Lipinski definition) is 2. The van der Waals surface area contributed by atoms with Crippen LogP contribution in [-0.4, -0.2) is 30.1 Å². The van der Waals surface area contributed by atoms with Crippen molar-refractivity contribution in [1.29, 1.82) is 0 Å². The Labute approximate surface area is 110 Å². The third-order valence-corrected chi connectivity index (χ3v) is 4.71. The molecule has 18 heavy (non-hydrogen) atoms. The van der Waals surface area contributed by atoms with Gasteiger partial charge in [-0.25, -0.2) is 0 Å². The fraction of sp³-hybridized carbons (Fsp3) is 0.625. The first-order valence-electron chi connectivity index (χ1n) is 7.40. The minimum Gasteiger partial charge on any atom is -0.311 e. The van der Waals surface area contributed by atoms with Crippen molar-refractivity contribution in [2.24, 2.45) is 0 Å². The second-order valence-electron chi connectivity index (χ2n) is 5.74. The van der Waals surface area contributed by atoms with E-state index < -0.39 is 0 Å². The van der Waals surface area contributed by atoms with Gasteiger partial charge < -0.3 is 5.32 Å². The summed E-state index contributed by atoms with van der Waals surface area (Å²) >= 11 is 0. The zero-order valence-corrected chi connectivity index (χ0v) is 11.3. The minimum atomic E-state index is 0.555. The van der Waals surface area contributed by atoms with E-state index in [4.69, 9.17) is 0 Å². The van der Waals surface area contributed by atoms with Gasteiger partial charge in [-0.05, 0) is 25.3 Å². The van der Waals surface area contributed by atoms with Gasteiger partial charge in [0.1, 0.15) is 0 Å². The molecule has 1 N–H and O–H groups in total. The molecule has 1 aromatic carbocycles. The summed E-state index contributed by atoms with van der Waals surface area (Å²) in [4.78, 5) is 2.73. The molecule has 0 radical (unpaired) electrons. The van der Waals surface area contributed by atoms with Gasteiger partial charge in [0.05, 0.1) is 0 Å². The minimum absolute atomic E-state index is 0.555. The number of rotatable bonds is 2. The Morgan fingerprint density at radius 3 is 2.78 bits per heavy atom. The monoisotopic (exact) mass is 244 g/mol.